The number of methoxy groups -OCH3 is 2. The molecule has 1 aliphatic heterocycles. The van der Waals surface area contributed by atoms with Crippen LogP contribution in [0.25, 0.3) is 0 Å². The number of carbonyl (C=O) groups excluding carboxylic acids is 1. The molecule has 21 heavy (non-hydrogen) atoms. The Morgan fingerprint density at radius 1 is 1.05 bits per heavy atom. The van der Waals surface area contributed by atoms with E-state index in [-0.39, 0.29) is 12.4 Å². The molecule has 0 N–H and O–H groups in total. The molecular weight excluding hydrogens is 268 g/mol. The van der Waals surface area contributed by atoms with Gasteiger partial charge in [-0.25, -0.2) is 0 Å². The largest absolute Gasteiger partial charge is 0.493 e. The van der Waals surface area contributed by atoms with E-state index in [1.165, 1.54) is 0 Å². The molecular formula is C17H16O4. The molecule has 1 unspecified atom stereocenters. The van der Waals surface area contributed by atoms with Crippen molar-refractivity contribution in [3.8, 4) is 11.5 Å². The highest BCUT2D eigenvalue weighted by Crippen LogP contribution is 2.39. The van der Waals surface area contributed by atoms with Crippen LogP contribution in [0.4, 0.5) is 0 Å². The van der Waals surface area contributed by atoms with Crippen molar-refractivity contribution >= 4 is 5.97 Å². The monoisotopic (exact) mass is 284 g/mol. The highest BCUT2D eigenvalue weighted by Gasteiger charge is 2.29. The van der Waals surface area contributed by atoms with Crippen LogP contribution in [0, 0.1) is 0 Å². The van der Waals surface area contributed by atoms with Gasteiger partial charge >= 0.3 is 5.97 Å². The highest BCUT2D eigenvalue weighted by molar-refractivity contribution is 5.76. The zero-order valence-corrected chi connectivity index (χ0v) is 12.0. The van der Waals surface area contributed by atoms with Crippen molar-refractivity contribution < 1.29 is 19.0 Å². The van der Waals surface area contributed by atoms with E-state index in [1.54, 1.807) is 14.2 Å². The second kappa shape index (κ2) is 5.48. The van der Waals surface area contributed by atoms with E-state index in [4.69, 9.17) is 14.2 Å². The molecule has 0 aliphatic carbocycles. The van der Waals surface area contributed by atoms with E-state index in [1.807, 2.05) is 42.5 Å². The number of ether oxygens (including phenoxy) is 3. The maximum absolute atomic E-state index is 11.9. The molecule has 0 saturated heterocycles. The Bertz CT molecular complexity index is 664. The summed E-state index contributed by atoms with van der Waals surface area (Å²) in [6.45, 7) is 0. The highest BCUT2D eigenvalue weighted by atomic mass is 16.5. The van der Waals surface area contributed by atoms with Gasteiger partial charge in [0.2, 0.25) is 0 Å². The fourth-order valence-corrected chi connectivity index (χ4v) is 2.60. The minimum atomic E-state index is -0.401. The number of hydrogen-bond donors (Lipinski definition) is 0. The van der Waals surface area contributed by atoms with Gasteiger partial charge < -0.3 is 14.2 Å². The minimum absolute atomic E-state index is 0.233. The minimum Gasteiger partial charge on any atom is -0.493 e. The van der Waals surface area contributed by atoms with Crippen LogP contribution < -0.4 is 9.47 Å². The average molecular weight is 284 g/mol. The molecule has 0 amide bonds. The Morgan fingerprint density at radius 2 is 1.71 bits per heavy atom. The molecule has 1 heterocycles. The van der Waals surface area contributed by atoms with E-state index < -0.39 is 6.10 Å². The standard InChI is InChI=1S/C17H16O4/c1-19-14-8-12-9-16(18)21-17(11-6-4-3-5-7-11)13(12)10-15(14)20-2/h3-8,10,17H,9H2,1-2H3. The Balaban J connectivity index is 2.13. The molecule has 108 valence electrons. The number of fused-ring (bicyclic) bond motifs is 1. The third-order valence-electron chi connectivity index (χ3n) is 3.61. The molecule has 1 aliphatic rings. The predicted molar refractivity (Wildman–Crippen MR) is 77.6 cm³/mol. The van der Waals surface area contributed by atoms with Crippen molar-refractivity contribution in [3.63, 3.8) is 0 Å². The summed E-state index contributed by atoms with van der Waals surface area (Å²) in [5, 5.41) is 0. The molecule has 2 aromatic rings. The van der Waals surface area contributed by atoms with Crippen LogP contribution in [0.3, 0.4) is 0 Å². The molecule has 4 heteroatoms. The normalized spacial score (nSPS) is 16.9. The molecule has 0 radical (unpaired) electrons. The molecule has 0 saturated carbocycles. The number of benzene rings is 2. The molecule has 0 bridgehead atoms. The predicted octanol–water partition coefficient (Wildman–Crippen LogP) is 2.89. The second-order valence-electron chi connectivity index (χ2n) is 4.86. The summed E-state index contributed by atoms with van der Waals surface area (Å²) in [5.41, 5.74) is 2.80. The molecule has 1 atom stereocenters. The van der Waals surface area contributed by atoms with Gasteiger partial charge in [-0.05, 0) is 23.3 Å². The van der Waals surface area contributed by atoms with Crippen LogP contribution in [-0.2, 0) is 16.0 Å². The summed E-state index contributed by atoms with van der Waals surface area (Å²) >= 11 is 0. The number of cyclic esters (lactones) is 1. The topological polar surface area (TPSA) is 44.8 Å². The molecule has 0 fully saturated rings. The fourth-order valence-electron chi connectivity index (χ4n) is 2.60. The Kier molecular flexibility index (Phi) is 3.52. The second-order valence-corrected chi connectivity index (χ2v) is 4.86. The zero-order valence-electron chi connectivity index (χ0n) is 12.0. The van der Waals surface area contributed by atoms with Crippen LogP contribution in [0.2, 0.25) is 0 Å². The maximum atomic E-state index is 11.9. The van der Waals surface area contributed by atoms with Gasteiger partial charge in [-0.1, -0.05) is 30.3 Å². The van der Waals surface area contributed by atoms with Crippen LogP contribution in [0.5, 0.6) is 11.5 Å². The van der Waals surface area contributed by atoms with Gasteiger partial charge in [0, 0.05) is 5.56 Å². The van der Waals surface area contributed by atoms with Crippen molar-refractivity contribution in [3.05, 3.63) is 59.2 Å². The van der Waals surface area contributed by atoms with E-state index in [0.717, 1.165) is 16.7 Å². The van der Waals surface area contributed by atoms with E-state index in [9.17, 15) is 4.79 Å². The van der Waals surface area contributed by atoms with Gasteiger partial charge in [0.1, 0.15) is 0 Å². The van der Waals surface area contributed by atoms with Gasteiger partial charge in [-0.15, -0.1) is 0 Å². The first-order valence-electron chi connectivity index (χ1n) is 6.72. The van der Waals surface area contributed by atoms with Crippen LogP contribution in [0.15, 0.2) is 42.5 Å². The molecule has 0 aromatic heterocycles. The summed E-state index contributed by atoms with van der Waals surface area (Å²) in [5.74, 6) is 1.02. The lowest BCUT2D eigenvalue weighted by atomic mass is 9.92. The summed E-state index contributed by atoms with van der Waals surface area (Å²) in [6.07, 6.45) is -0.152. The zero-order chi connectivity index (χ0) is 14.8. The molecule has 2 aromatic carbocycles. The Morgan fingerprint density at radius 3 is 2.38 bits per heavy atom. The van der Waals surface area contributed by atoms with E-state index in [0.29, 0.717) is 11.5 Å². The van der Waals surface area contributed by atoms with Gasteiger partial charge in [-0.2, -0.15) is 0 Å². The number of esters is 1. The number of carbonyl (C=O) groups is 1. The first kappa shape index (κ1) is 13.5. The maximum Gasteiger partial charge on any atom is 0.311 e. The lowest BCUT2D eigenvalue weighted by Gasteiger charge is -2.27. The number of hydrogen-bond acceptors (Lipinski definition) is 4. The third kappa shape index (κ3) is 2.44. The SMILES string of the molecule is COc1cc2c(cc1OC)C(c1ccccc1)OC(=O)C2. The number of rotatable bonds is 3. The molecule has 0 spiro atoms. The third-order valence-corrected chi connectivity index (χ3v) is 3.61. The van der Waals surface area contributed by atoms with E-state index >= 15 is 0 Å². The molecule has 4 nitrogen and oxygen atoms in total. The lowest BCUT2D eigenvalue weighted by Crippen LogP contribution is -2.22. The Labute approximate surface area is 123 Å². The summed E-state index contributed by atoms with van der Waals surface area (Å²) in [7, 11) is 3.18. The van der Waals surface area contributed by atoms with Crippen molar-refractivity contribution in [1.82, 2.24) is 0 Å². The smallest absolute Gasteiger partial charge is 0.311 e. The average Bonchev–Trinajstić information content (AvgIpc) is 2.53. The van der Waals surface area contributed by atoms with Crippen molar-refractivity contribution in [2.24, 2.45) is 0 Å². The molecule has 3 rings (SSSR count). The van der Waals surface area contributed by atoms with Gasteiger partial charge in [0.05, 0.1) is 20.6 Å². The van der Waals surface area contributed by atoms with Crippen molar-refractivity contribution in [2.45, 2.75) is 12.5 Å². The van der Waals surface area contributed by atoms with Crippen LogP contribution >= 0.6 is 0 Å². The van der Waals surface area contributed by atoms with Gasteiger partial charge in [0.15, 0.2) is 17.6 Å². The van der Waals surface area contributed by atoms with Crippen LogP contribution in [0.1, 0.15) is 22.8 Å². The summed E-state index contributed by atoms with van der Waals surface area (Å²) in [4.78, 5) is 11.9. The van der Waals surface area contributed by atoms with Gasteiger partial charge in [0.25, 0.3) is 0 Å². The fraction of sp³-hybridized carbons (Fsp3) is 0.235. The Hall–Kier alpha value is -2.49. The van der Waals surface area contributed by atoms with Crippen molar-refractivity contribution in [1.29, 1.82) is 0 Å². The van der Waals surface area contributed by atoms with Crippen molar-refractivity contribution in [2.75, 3.05) is 14.2 Å². The first-order valence-corrected chi connectivity index (χ1v) is 6.72. The van der Waals surface area contributed by atoms with Crippen LogP contribution in [-0.4, -0.2) is 20.2 Å². The quantitative estimate of drug-likeness (QED) is 0.813. The summed E-state index contributed by atoms with van der Waals surface area (Å²) in [6, 6.07) is 13.4. The lowest BCUT2D eigenvalue weighted by molar-refractivity contribution is -0.148. The van der Waals surface area contributed by atoms with Gasteiger partial charge in [-0.3, -0.25) is 4.79 Å². The van der Waals surface area contributed by atoms with E-state index in [2.05, 4.69) is 0 Å². The summed E-state index contributed by atoms with van der Waals surface area (Å²) < 4.78 is 16.2. The first-order chi connectivity index (χ1) is 10.2.